The molecule has 7 nitrogen and oxygen atoms in total. The summed E-state index contributed by atoms with van der Waals surface area (Å²) in [5.74, 6) is 0.601. The van der Waals surface area contributed by atoms with Crippen molar-refractivity contribution in [2.24, 2.45) is 0 Å². The monoisotopic (exact) mass is 522 g/mol. The van der Waals surface area contributed by atoms with Crippen LogP contribution in [-0.4, -0.2) is 35.1 Å². The number of halogens is 2. The molecule has 180 valence electrons. The zero-order chi connectivity index (χ0) is 24.9. The van der Waals surface area contributed by atoms with Gasteiger partial charge in [0, 0.05) is 10.6 Å². The topological polar surface area (TPSA) is 84.9 Å². The standard InChI is InChI=1S/C24H24Cl2N2O5S/c1-16(20-14-18(32-2)10-12-23(20)33-3)27-24(29)15-28(22-13-17(25)9-11-21(22)26)34(30,31)19-7-5-4-6-8-19/h4-14,16H,15H2,1-3H3,(H,27,29)/t16-/m1/s1. The van der Waals surface area contributed by atoms with Crippen molar-refractivity contribution in [1.29, 1.82) is 0 Å². The largest absolute Gasteiger partial charge is 0.497 e. The fraction of sp³-hybridized carbons (Fsp3) is 0.208. The summed E-state index contributed by atoms with van der Waals surface area (Å²) in [7, 11) is -1.07. The van der Waals surface area contributed by atoms with Crippen molar-refractivity contribution < 1.29 is 22.7 Å². The first-order valence-electron chi connectivity index (χ1n) is 10.2. The van der Waals surface area contributed by atoms with Gasteiger partial charge < -0.3 is 14.8 Å². The zero-order valence-electron chi connectivity index (χ0n) is 18.8. The van der Waals surface area contributed by atoms with E-state index < -0.39 is 28.5 Å². The number of hydrogen-bond donors (Lipinski definition) is 1. The van der Waals surface area contributed by atoms with E-state index in [1.165, 1.54) is 44.6 Å². The molecule has 0 aliphatic heterocycles. The van der Waals surface area contributed by atoms with Crippen molar-refractivity contribution in [2.75, 3.05) is 25.1 Å². The molecule has 0 aliphatic carbocycles. The Hall–Kier alpha value is -2.94. The van der Waals surface area contributed by atoms with E-state index in [1.54, 1.807) is 43.3 Å². The predicted molar refractivity (Wildman–Crippen MR) is 134 cm³/mol. The van der Waals surface area contributed by atoms with E-state index in [0.717, 1.165) is 4.31 Å². The molecule has 0 radical (unpaired) electrons. The van der Waals surface area contributed by atoms with Crippen molar-refractivity contribution in [3.63, 3.8) is 0 Å². The summed E-state index contributed by atoms with van der Waals surface area (Å²) in [6.07, 6.45) is 0. The van der Waals surface area contributed by atoms with Crippen LogP contribution < -0.4 is 19.1 Å². The van der Waals surface area contributed by atoms with E-state index in [4.69, 9.17) is 32.7 Å². The summed E-state index contributed by atoms with van der Waals surface area (Å²) in [6, 6.07) is 16.9. The highest BCUT2D eigenvalue weighted by atomic mass is 35.5. The summed E-state index contributed by atoms with van der Waals surface area (Å²) in [4.78, 5) is 13.1. The molecule has 34 heavy (non-hydrogen) atoms. The van der Waals surface area contributed by atoms with Crippen LogP contribution in [0.4, 0.5) is 5.69 Å². The number of anilines is 1. The number of carbonyl (C=O) groups excluding carboxylic acids is 1. The van der Waals surface area contributed by atoms with Gasteiger partial charge in [-0.15, -0.1) is 0 Å². The molecule has 3 rings (SSSR count). The maximum Gasteiger partial charge on any atom is 0.264 e. The van der Waals surface area contributed by atoms with Crippen molar-refractivity contribution in [3.8, 4) is 11.5 Å². The van der Waals surface area contributed by atoms with Crippen LogP contribution in [0.5, 0.6) is 11.5 Å². The normalized spacial score (nSPS) is 12.0. The Bertz CT molecular complexity index is 1270. The van der Waals surface area contributed by atoms with E-state index >= 15 is 0 Å². The fourth-order valence-corrected chi connectivity index (χ4v) is 5.26. The summed E-state index contributed by atoms with van der Waals surface area (Å²) in [6.45, 7) is 1.24. The summed E-state index contributed by atoms with van der Waals surface area (Å²) >= 11 is 12.4. The molecule has 0 bridgehead atoms. The van der Waals surface area contributed by atoms with Crippen molar-refractivity contribution in [3.05, 3.63) is 82.3 Å². The fourth-order valence-electron chi connectivity index (χ4n) is 3.37. The van der Waals surface area contributed by atoms with Crippen LogP contribution in [-0.2, 0) is 14.8 Å². The number of nitrogens with zero attached hydrogens (tertiary/aromatic N) is 1. The summed E-state index contributed by atoms with van der Waals surface area (Å²) in [5, 5.41) is 3.24. The molecule has 10 heteroatoms. The van der Waals surface area contributed by atoms with Gasteiger partial charge in [0.15, 0.2) is 0 Å². The molecule has 0 aliphatic rings. The van der Waals surface area contributed by atoms with Crippen LogP contribution in [0.3, 0.4) is 0 Å². The number of carbonyl (C=O) groups is 1. The van der Waals surface area contributed by atoms with Crippen molar-refractivity contribution >= 4 is 44.8 Å². The van der Waals surface area contributed by atoms with Crippen molar-refractivity contribution in [2.45, 2.75) is 17.9 Å². The molecule has 0 spiro atoms. The van der Waals surface area contributed by atoms with Gasteiger partial charge in [0.25, 0.3) is 10.0 Å². The lowest BCUT2D eigenvalue weighted by atomic mass is 10.1. The van der Waals surface area contributed by atoms with Gasteiger partial charge in [0.2, 0.25) is 5.91 Å². The first-order valence-corrected chi connectivity index (χ1v) is 12.4. The number of amides is 1. The van der Waals surface area contributed by atoms with E-state index in [2.05, 4.69) is 5.32 Å². The number of nitrogens with one attached hydrogen (secondary N) is 1. The molecule has 1 amide bonds. The minimum atomic E-state index is -4.13. The number of methoxy groups -OCH3 is 2. The molecule has 3 aromatic carbocycles. The number of hydrogen-bond acceptors (Lipinski definition) is 5. The second-order valence-corrected chi connectivity index (χ2v) is 10.0. The second kappa shape index (κ2) is 11.0. The highest BCUT2D eigenvalue weighted by Gasteiger charge is 2.29. The number of ether oxygens (including phenoxy) is 2. The van der Waals surface area contributed by atoms with Gasteiger partial charge in [-0.2, -0.15) is 0 Å². The van der Waals surface area contributed by atoms with Gasteiger partial charge in [0.05, 0.1) is 35.9 Å². The van der Waals surface area contributed by atoms with E-state index in [-0.39, 0.29) is 20.6 Å². The van der Waals surface area contributed by atoms with Gasteiger partial charge in [-0.1, -0.05) is 41.4 Å². The van der Waals surface area contributed by atoms with Crippen molar-refractivity contribution in [1.82, 2.24) is 5.32 Å². The number of sulfonamides is 1. The Kier molecular flexibility index (Phi) is 8.30. The SMILES string of the molecule is COc1ccc(OC)c([C@@H](C)NC(=O)CN(c2cc(Cl)ccc2Cl)S(=O)(=O)c2ccccc2)c1. The molecular weight excluding hydrogens is 499 g/mol. The zero-order valence-corrected chi connectivity index (χ0v) is 21.1. The third-order valence-electron chi connectivity index (χ3n) is 5.08. The Morgan fingerprint density at radius 2 is 1.71 bits per heavy atom. The maximum absolute atomic E-state index is 13.5. The minimum absolute atomic E-state index is 0.0151. The highest BCUT2D eigenvalue weighted by Crippen LogP contribution is 2.33. The lowest BCUT2D eigenvalue weighted by Crippen LogP contribution is -2.41. The number of benzene rings is 3. The Morgan fingerprint density at radius 3 is 2.35 bits per heavy atom. The van der Waals surface area contributed by atoms with Crippen LogP contribution in [0.2, 0.25) is 10.0 Å². The average molecular weight is 523 g/mol. The molecule has 0 saturated heterocycles. The lowest BCUT2D eigenvalue weighted by molar-refractivity contribution is -0.120. The average Bonchev–Trinajstić information content (AvgIpc) is 2.84. The van der Waals surface area contributed by atoms with E-state index in [1.807, 2.05) is 0 Å². The molecule has 0 saturated carbocycles. The maximum atomic E-state index is 13.5. The third kappa shape index (κ3) is 5.75. The summed E-state index contributed by atoms with van der Waals surface area (Å²) in [5.41, 5.74) is 0.772. The van der Waals surface area contributed by atoms with Crippen LogP contribution in [0.1, 0.15) is 18.5 Å². The molecular formula is C24H24Cl2N2O5S. The first-order chi connectivity index (χ1) is 16.2. The molecule has 0 aromatic heterocycles. The van der Waals surface area contributed by atoms with Gasteiger partial charge in [-0.25, -0.2) is 8.42 Å². The smallest absolute Gasteiger partial charge is 0.264 e. The molecule has 0 heterocycles. The third-order valence-corrected chi connectivity index (χ3v) is 7.40. The van der Waals surface area contributed by atoms with Crippen LogP contribution in [0.15, 0.2) is 71.6 Å². The quantitative estimate of drug-likeness (QED) is 0.423. The Morgan fingerprint density at radius 1 is 1.00 bits per heavy atom. The number of rotatable bonds is 9. The first kappa shape index (κ1) is 25.7. The summed E-state index contributed by atoms with van der Waals surface area (Å²) < 4.78 is 38.6. The molecule has 0 unspecified atom stereocenters. The van der Waals surface area contributed by atoms with Crippen LogP contribution in [0, 0.1) is 0 Å². The van der Waals surface area contributed by atoms with E-state index in [0.29, 0.717) is 17.1 Å². The van der Waals surface area contributed by atoms with Gasteiger partial charge in [0.1, 0.15) is 18.0 Å². The van der Waals surface area contributed by atoms with Gasteiger partial charge >= 0.3 is 0 Å². The molecule has 1 atom stereocenters. The van der Waals surface area contributed by atoms with Crippen LogP contribution in [0.25, 0.3) is 0 Å². The lowest BCUT2D eigenvalue weighted by Gasteiger charge is -2.26. The van der Waals surface area contributed by atoms with Gasteiger partial charge in [-0.3, -0.25) is 9.10 Å². The second-order valence-electron chi connectivity index (χ2n) is 7.32. The molecule has 3 aromatic rings. The van der Waals surface area contributed by atoms with E-state index in [9.17, 15) is 13.2 Å². The predicted octanol–water partition coefficient (Wildman–Crippen LogP) is 5.08. The highest BCUT2D eigenvalue weighted by molar-refractivity contribution is 7.92. The minimum Gasteiger partial charge on any atom is -0.497 e. The van der Waals surface area contributed by atoms with Crippen LogP contribution >= 0.6 is 23.2 Å². The van der Waals surface area contributed by atoms with Gasteiger partial charge in [-0.05, 0) is 55.5 Å². The Labute approximate surface area is 209 Å². The Balaban J connectivity index is 1.94. The molecule has 0 fully saturated rings. The molecule has 1 N–H and O–H groups in total.